The highest BCUT2D eigenvalue weighted by atomic mass is 19.4. The Morgan fingerprint density at radius 3 is 2.18 bits per heavy atom. The summed E-state index contributed by atoms with van der Waals surface area (Å²) in [5.74, 6) is -0.536. The van der Waals surface area contributed by atoms with E-state index in [1.54, 1.807) is 29.0 Å². The Labute approximate surface area is 193 Å². The van der Waals surface area contributed by atoms with Crippen molar-refractivity contribution in [2.24, 2.45) is 0 Å². The minimum Gasteiger partial charge on any atom is -0.345 e. The van der Waals surface area contributed by atoms with Crippen LogP contribution in [0.1, 0.15) is 52.5 Å². The summed E-state index contributed by atoms with van der Waals surface area (Å²) in [5.41, 5.74) is -0.614. The molecule has 2 aromatic carbocycles. The lowest BCUT2D eigenvalue weighted by molar-refractivity contribution is -0.138. The Kier molecular flexibility index (Phi) is 7.74. The van der Waals surface area contributed by atoms with Crippen molar-refractivity contribution in [1.82, 2.24) is 9.47 Å². The van der Waals surface area contributed by atoms with Crippen molar-refractivity contribution in [1.29, 1.82) is 0 Å². The molecule has 0 atom stereocenters. The number of amides is 1. The Balaban J connectivity index is 1.84. The van der Waals surface area contributed by atoms with Gasteiger partial charge in [0.2, 0.25) is 0 Å². The maximum absolute atomic E-state index is 13.1. The molecule has 0 spiro atoms. The fourth-order valence-electron chi connectivity index (χ4n) is 3.60. The number of unbranched alkanes of at least 4 members (excludes halogenated alkanes) is 1. The van der Waals surface area contributed by atoms with Crippen LogP contribution in [0, 0.1) is 0 Å². The molecule has 0 radical (unpaired) electrons. The van der Waals surface area contributed by atoms with Crippen molar-refractivity contribution >= 4 is 5.91 Å². The number of rotatable bonds is 8. The van der Waals surface area contributed by atoms with Gasteiger partial charge in [0.15, 0.2) is 0 Å². The van der Waals surface area contributed by atoms with Gasteiger partial charge in [-0.05, 0) is 54.4 Å². The van der Waals surface area contributed by atoms with E-state index in [-0.39, 0.29) is 18.7 Å². The Hall–Kier alpha value is -3.23. The SMILES string of the molecule is CCCCN(Cc1cccn1Cc1cccc(C(F)(F)F)c1)C(=O)c1cccc(C(F)(F)F)c1. The van der Waals surface area contributed by atoms with E-state index in [9.17, 15) is 31.1 Å². The van der Waals surface area contributed by atoms with Crippen LogP contribution in [0.15, 0.2) is 66.9 Å². The normalized spacial score (nSPS) is 12.1. The number of hydrogen-bond acceptors (Lipinski definition) is 1. The van der Waals surface area contributed by atoms with Gasteiger partial charge in [-0.1, -0.05) is 31.5 Å². The number of benzene rings is 2. The molecule has 1 amide bonds. The van der Waals surface area contributed by atoms with Crippen LogP contribution >= 0.6 is 0 Å². The fraction of sp³-hybridized carbons (Fsp3) is 0.320. The third-order valence-electron chi connectivity index (χ3n) is 5.39. The molecule has 0 saturated carbocycles. The Bertz CT molecular complexity index is 1120. The van der Waals surface area contributed by atoms with E-state index in [0.717, 1.165) is 30.7 Å². The number of aromatic nitrogens is 1. The summed E-state index contributed by atoms with van der Waals surface area (Å²) < 4.78 is 80.2. The predicted octanol–water partition coefficient (Wildman–Crippen LogP) is 7.02. The maximum Gasteiger partial charge on any atom is 0.416 e. The quantitative estimate of drug-likeness (QED) is 0.317. The average Bonchev–Trinajstić information content (AvgIpc) is 3.21. The second kappa shape index (κ2) is 10.4. The standard InChI is InChI=1S/C25H24F6N2O/c1-2-3-12-33(23(34)19-8-5-10-21(15-19)25(29,30)31)17-22-11-6-13-32(22)16-18-7-4-9-20(14-18)24(26,27)28/h4-11,13-15H,2-3,12,16-17H2,1H3. The maximum atomic E-state index is 13.1. The summed E-state index contributed by atoms with van der Waals surface area (Å²) in [6.45, 7) is 2.54. The van der Waals surface area contributed by atoms with Crippen LogP contribution in [-0.2, 0) is 25.4 Å². The van der Waals surface area contributed by atoms with Crippen LogP contribution in [0.3, 0.4) is 0 Å². The summed E-state index contributed by atoms with van der Waals surface area (Å²) in [7, 11) is 0. The van der Waals surface area contributed by atoms with Gasteiger partial charge in [-0.3, -0.25) is 4.79 Å². The smallest absolute Gasteiger partial charge is 0.345 e. The zero-order chi connectivity index (χ0) is 24.9. The molecule has 0 aliphatic heterocycles. The number of carbonyl (C=O) groups excluding carboxylic acids is 1. The van der Waals surface area contributed by atoms with E-state index in [1.807, 2.05) is 6.92 Å². The molecule has 3 rings (SSSR count). The van der Waals surface area contributed by atoms with Crippen LogP contribution in [0.5, 0.6) is 0 Å². The zero-order valence-electron chi connectivity index (χ0n) is 18.5. The van der Waals surface area contributed by atoms with Gasteiger partial charge in [0.1, 0.15) is 0 Å². The number of nitrogens with zero attached hydrogens (tertiary/aromatic N) is 2. The highest BCUT2D eigenvalue weighted by Gasteiger charge is 2.32. The molecule has 0 fully saturated rings. The minimum absolute atomic E-state index is 0.0677. The molecule has 182 valence electrons. The molecule has 34 heavy (non-hydrogen) atoms. The summed E-state index contributed by atoms with van der Waals surface area (Å²) in [4.78, 5) is 14.6. The molecule has 1 heterocycles. The first-order valence-electron chi connectivity index (χ1n) is 10.8. The summed E-state index contributed by atoms with van der Waals surface area (Å²) in [6, 6.07) is 12.8. The first kappa shape index (κ1) is 25.4. The van der Waals surface area contributed by atoms with Crippen LogP contribution in [0.4, 0.5) is 26.3 Å². The molecule has 0 unspecified atom stereocenters. The zero-order valence-corrected chi connectivity index (χ0v) is 18.5. The van der Waals surface area contributed by atoms with Crippen LogP contribution in [-0.4, -0.2) is 21.9 Å². The van der Waals surface area contributed by atoms with Crippen molar-refractivity contribution in [3.63, 3.8) is 0 Å². The molecular formula is C25H24F6N2O. The van der Waals surface area contributed by atoms with Crippen molar-refractivity contribution in [3.8, 4) is 0 Å². The molecule has 3 nitrogen and oxygen atoms in total. The average molecular weight is 482 g/mol. The molecule has 0 N–H and O–H groups in total. The first-order chi connectivity index (χ1) is 16.0. The fourth-order valence-corrected chi connectivity index (χ4v) is 3.60. The van der Waals surface area contributed by atoms with Crippen molar-refractivity contribution in [3.05, 3.63) is 94.8 Å². The lowest BCUT2D eigenvalue weighted by atomic mass is 10.1. The lowest BCUT2D eigenvalue weighted by Gasteiger charge is -2.24. The number of alkyl halides is 6. The molecule has 0 saturated heterocycles. The van der Waals surface area contributed by atoms with Gasteiger partial charge < -0.3 is 9.47 Å². The van der Waals surface area contributed by atoms with Gasteiger partial charge in [-0.15, -0.1) is 0 Å². The van der Waals surface area contributed by atoms with Crippen molar-refractivity contribution in [2.75, 3.05) is 6.54 Å². The summed E-state index contributed by atoms with van der Waals surface area (Å²) in [6.07, 6.45) is -5.90. The van der Waals surface area contributed by atoms with Crippen LogP contribution in [0.2, 0.25) is 0 Å². The summed E-state index contributed by atoms with van der Waals surface area (Å²) in [5, 5.41) is 0. The van der Waals surface area contributed by atoms with Gasteiger partial charge in [0.25, 0.3) is 5.91 Å². The number of carbonyl (C=O) groups is 1. The van der Waals surface area contributed by atoms with E-state index in [2.05, 4.69) is 0 Å². The third-order valence-corrected chi connectivity index (χ3v) is 5.39. The van der Waals surface area contributed by atoms with Gasteiger partial charge in [-0.2, -0.15) is 26.3 Å². The highest BCUT2D eigenvalue weighted by Crippen LogP contribution is 2.31. The Morgan fingerprint density at radius 2 is 1.53 bits per heavy atom. The molecular weight excluding hydrogens is 458 g/mol. The monoisotopic (exact) mass is 482 g/mol. The number of hydrogen-bond donors (Lipinski definition) is 0. The van der Waals surface area contributed by atoms with E-state index in [4.69, 9.17) is 0 Å². The van der Waals surface area contributed by atoms with E-state index in [1.165, 1.54) is 23.1 Å². The molecule has 9 heteroatoms. The predicted molar refractivity (Wildman–Crippen MR) is 116 cm³/mol. The van der Waals surface area contributed by atoms with E-state index < -0.39 is 29.4 Å². The Morgan fingerprint density at radius 1 is 0.882 bits per heavy atom. The van der Waals surface area contributed by atoms with Gasteiger partial charge in [0, 0.05) is 30.5 Å². The molecule has 0 bridgehead atoms. The highest BCUT2D eigenvalue weighted by molar-refractivity contribution is 5.94. The van der Waals surface area contributed by atoms with Gasteiger partial charge in [-0.25, -0.2) is 0 Å². The van der Waals surface area contributed by atoms with E-state index >= 15 is 0 Å². The first-order valence-corrected chi connectivity index (χ1v) is 10.8. The van der Waals surface area contributed by atoms with Crippen molar-refractivity contribution < 1.29 is 31.1 Å². The lowest BCUT2D eigenvalue weighted by Crippen LogP contribution is -2.32. The molecule has 0 aliphatic rings. The minimum atomic E-state index is -4.57. The second-order valence-electron chi connectivity index (χ2n) is 7.98. The largest absolute Gasteiger partial charge is 0.416 e. The van der Waals surface area contributed by atoms with Gasteiger partial charge in [0.05, 0.1) is 17.7 Å². The summed E-state index contributed by atoms with van der Waals surface area (Å²) >= 11 is 0. The van der Waals surface area contributed by atoms with Crippen molar-refractivity contribution in [2.45, 2.75) is 45.2 Å². The third kappa shape index (κ3) is 6.42. The van der Waals surface area contributed by atoms with E-state index in [0.29, 0.717) is 24.2 Å². The van der Waals surface area contributed by atoms with Crippen LogP contribution in [0.25, 0.3) is 0 Å². The second-order valence-corrected chi connectivity index (χ2v) is 7.98. The molecule has 0 aliphatic carbocycles. The number of halogens is 6. The van der Waals surface area contributed by atoms with Crippen LogP contribution < -0.4 is 0 Å². The molecule has 3 aromatic rings. The molecule has 1 aromatic heterocycles. The van der Waals surface area contributed by atoms with Gasteiger partial charge >= 0.3 is 12.4 Å². The topological polar surface area (TPSA) is 25.2 Å².